The van der Waals surface area contributed by atoms with Gasteiger partial charge in [0.15, 0.2) is 11.4 Å². The fraction of sp³-hybridized carbons (Fsp3) is 0.240. The van der Waals surface area contributed by atoms with Gasteiger partial charge in [-0.2, -0.15) is 5.10 Å². The first kappa shape index (κ1) is 20.3. The summed E-state index contributed by atoms with van der Waals surface area (Å²) in [5.41, 5.74) is 17.2. The second-order valence-electron chi connectivity index (χ2n) is 8.86. The summed E-state index contributed by atoms with van der Waals surface area (Å²) in [5.74, 6) is 1.17. The molecule has 172 valence electrons. The zero-order valence-corrected chi connectivity index (χ0v) is 18.8. The summed E-state index contributed by atoms with van der Waals surface area (Å²) in [6.45, 7) is 3.13. The summed E-state index contributed by atoms with van der Waals surface area (Å²) in [6.07, 6.45) is 9.22. The Kier molecular flexibility index (Phi) is 4.58. The maximum absolute atomic E-state index is 11.6. The second-order valence-corrected chi connectivity index (χ2v) is 8.86. The van der Waals surface area contributed by atoms with Crippen LogP contribution in [0.2, 0.25) is 0 Å². The summed E-state index contributed by atoms with van der Waals surface area (Å²) >= 11 is 0. The molecular weight excluding hydrogens is 430 g/mol. The average Bonchev–Trinajstić information content (AvgIpc) is 3.59. The molecule has 5 aromatic rings. The zero-order chi connectivity index (χ0) is 23.4. The number of nitrogens with two attached hydrogens (primary N) is 2. The van der Waals surface area contributed by atoms with Gasteiger partial charge in [-0.1, -0.05) is 0 Å². The van der Waals surface area contributed by atoms with Gasteiger partial charge in [-0.25, -0.2) is 4.98 Å². The fourth-order valence-corrected chi connectivity index (χ4v) is 4.83. The van der Waals surface area contributed by atoms with Gasteiger partial charge in [0.1, 0.15) is 5.76 Å². The van der Waals surface area contributed by atoms with Crippen molar-refractivity contribution in [3.63, 3.8) is 0 Å². The second kappa shape index (κ2) is 7.65. The topological polar surface area (TPSA) is 132 Å². The molecule has 0 saturated carbocycles. The number of nitrogen functional groups attached to an aromatic ring is 2. The van der Waals surface area contributed by atoms with E-state index in [4.69, 9.17) is 15.9 Å². The number of pyridine rings is 1. The number of carbonyl (C=O) groups is 1. The Morgan fingerprint density at radius 3 is 2.74 bits per heavy atom. The van der Waals surface area contributed by atoms with Crippen LogP contribution in [-0.2, 0) is 4.79 Å². The third-order valence-corrected chi connectivity index (χ3v) is 6.78. The highest BCUT2D eigenvalue weighted by Gasteiger charge is 2.23. The number of aromatic nitrogens is 4. The molecule has 1 aliphatic rings. The van der Waals surface area contributed by atoms with Crippen LogP contribution in [0.3, 0.4) is 0 Å². The zero-order valence-electron chi connectivity index (χ0n) is 18.8. The van der Waals surface area contributed by atoms with Crippen LogP contribution >= 0.6 is 0 Å². The summed E-state index contributed by atoms with van der Waals surface area (Å²) in [4.78, 5) is 21.0. The van der Waals surface area contributed by atoms with Crippen molar-refractivity contribution in [1.29, 1.82) is 0 Å². The minimum atomic E-state index is 0.129. The summed E-state index contributed by atoms with van der Waals surface area (Å²) in [6, 6.07) is 8.24. The van der Waals surface area contributed by atoms with E-state index in [0.717, 1.165) is 58.9 Å². The number of nitrogens with zero attached hydrogens (tertiary/aromatic N) is 4. The van der Waals surface area contributed by atoms with E-state index in [9.17, 15) is 4.79 Å². The van der Waals surface area contributed by atoms with Gasteiger partial charge in [0.05, 0.1) is 17.9 Å². The Hall–Kier alpha value is -4.27. The van der Waals surface area contributed by atoms with Crippen LogP contribution in [-0.4, -0.2) is 43.6 Å². The molecule has 0 unspecified atom stereocenters. The van der Waals surface area contributed by atoms with E-state index in [1.807, 2.05) is 46.2 Å². The van der Waals surface area contributed by atoms with E-state index in [-0.39, 0.29) is 11.9 Å². The molecule has 0 spiro atoms. The molecule has 0 aliphatic carbocycles. The Balaban J connectivity index is 1.36. The minimum Gasteiger partial charge on any atom is -0.452 e. The Morgan fingerprint density at radius 1 is 1.12 bits per heavy atom. The first-order valence-electron chi connectivity index (χ1n) is 11.3. The largest absolute Gasteiger partial charge is 0.452 e. The van der Waals surface area contributed by atoms with Crippen LogP contribution in [0.15, 0.2) is 53.5 Å². The van der Waals surface area contributed by atoms with Crippen molar-refractivity contribution >= 4 is 39.3 Å². The lowest BCUT2D eigenvalue weighted by Gasteiger charge is -2.31. The number of benzene rings is 1. The van der Waals surface area contributed by atoms with Gasteiger partial charge in [-0.05, 0) is 37.1 Å². The summed E-state index contributed by atoms with van der Waals surface area (Å²) in [7, 11) is 0. The van der Waals surface area contributed by atoms with E-state index >= 15 is 0 Å². The number of rotatable bonds is 3. The first-order valence-corrected chi connectivity index (χ1v) is 11.3. The van der Waals surface area contributed by atoms with Crippen LogP contribution in [0.4, 0.5) is 11.5 Å². The van der Waals surface area contributed by atoms with E-state index in [0.29, 0.717) is 22.8 Å². The molecule has 1 fully saturated rings. The van der Waals surface area contributed by atoms with E-state index in [2.05, 4.69) is 15.1 Å². The number of aromatic amines is 1. The van der Waals surface area contributed by atoms with Crippen molar-refractivity contribution in [2.24, 2.45) is 0 Å². The normalized spacial score (nSPS) is 14.9. The smallest absolute Gasteiger partial charge is 0.219 e. The number of anilines is 2. The van der Waals surface area contributed by atoms with Gasteiger partial charge >= 0.3 is 0 Å². The van der Waals surface area contributed by atoms with Gasteiger partial charge in [0.2, 0.25) is 5.91 Å². The van der Waals surface area contributed by atoms with Crippen molar-refractivity contribution in [3.8, 4) is 22.5 Å². The third kappa shape index (κ3) is 3.28. The SMILES string of the molecule is CC(=O)N1CCC(n2cc(-c3cnc(N)c4oc(-c5ccc6[nH]cc(N)c6c5)cc34)cn2)CC1. The standard InChI is InChI=1S/C25H25N7O2/c1-14(33)31-6-4-17(5-7-31)32-13-16(10-30-32)20-11-29-25(27)24-18(20)9-23(34-24)15-2-3-22-19(8-15)21(26)12-28-22/h2-3,8-13,17,28H,4-7,26H2,1H3,(H2,27,29). The maximum atomic E-state index is 11.6. The molecule has 1 saturated heterocycles. The number of likely N-dealkylation sites (tertiary alicyclic amines) is 1. The van der Waals surface area contributed by atoms with Crippen LogP contribution in [0.25, 0.3) is 44.3 Å². The highest BCUT2D eigenvalue weighted by atomic mass is 16.3. The lowest BCUT2D eigenvalue weighted by Crippen LogP contribution is -2.37. The van der Waals surface area contributed by atoms with E-state index in [1.54, 1.807) is 19.3 Å². The molecule has 0 atom stereocenters. The monoisotopic (exact) mass is 455 g/mol. The van der Waals surface area contributed by atoms with Crippen LogP contribution in [0, 0.1) is 0 Å². The van der Waals surface area contributed by atoms with Crippen LogP contribution in [0.1, 0.15) is 25.8 Å². The molecule has 1 amide bonds. The van der Waals surface area contributed by atoms with Crippen molar-refractivity contribution in [3.05, 3.63) is 49.1 Å². The Morgan fingerprint density at radius 2 is 1.94 bits per heavy atom. The van der Waals surface area contributed by atoms with E-state index < -0.39 is 0 Å². The molecule has 1 aromatic carbocycles. The number of carbonyl (C=O) groups excluding carboxylic acids is 1. The third-order valence-electron chi connectivity index (χ3n) is 6.78. The number of piperidine rings is 1. The Labute approximate surface area is 195 Å². The molecule has 34 heavy (non-hydrogen) atoms. The number of fused-ring (bicyclic) bond motifs is 2. The van der Waals surface area contributed by atoms with Gasteiger partial charge in [-0.15, -0.1) is 0 Å². The molecule has 1 aliphatic heterocycles. The molecule has 0 radical (unpaired) electrons. The van der Waals surface area contributed by atoms with Crippen molar-refractivity contribution in [1.82, 2.24) is 24.6 Å². The molecular formula is C25H25N7O2. The van der Waals surface area contributed by atoms with Crippen molar-refractivity contribution in [2.45, 2.75) is 25.8 Å². The molecule has 5 N–H and O–H groups in total. The predicted octanol–water partition coefficient (Wildman–Crippen LogP) is 4.19. The van der Waals surface area contributed by atoms with Gasteiger partial charge < -0.3 is 25.8 Å². The highest BCUT2D eigenvalue weighted by Crippen LogP contribution is 2.38. The minimum absolute atomic E-state index is 0.129. The van der Waals surface area contributed by atoms with Crippen molar-refractivity contribution < 1.29 is 9.21 Å². The number of hydrogen-bond donors (Lipinski definition) is 3. The number of nitrogens with one attached hydrogen (secondary N) is 1. The maximum Gasteiger partial charge on any atom is 0.219 e. The number of hydrogen-bond acceptors (Lipinski definition) is 6. The summed E-state index contributed by atoms with van der Waals surface area (Å²) in [5, 5.41) is 6.46. The van der Waals surface area contributed by atoms with Gasteiger partial charge in [0, 0.05) is 71.6 Å². The average molecular weight is 456 g/mol. The predicted molar refractivity (Wildman–Crippen MR) is 132 cm³/mol. The van der Waals surface area contributed by atoms with Crippen molar-refractivity contribution in [2.75, 3.05) is 24.6 Å². The number of furan rings is 1. The Bertz CT molecular complexity index is 1540. The fourth-order valence-electron chi connectivity index (χ4n) is 4.83. The molecule has 6 rings (SSSR count). The lowest BCUT2D eigenvalue weighted by molar-refractivity contribution is -0.130. The van der Waals surface area contributed by atoms with Crippen LogP contribution < -0.4 is 11.5 Å². The first-order chi connectivity index (χ1) is 16.5. The van der Waals surface area contributed by atoms with Gasteiger partial charge in [-0.3, -0.25) is 9.48 Å². The molecule has 5 heterocycles. The number of H-pyrrole nitrogens is 1. The molecule has 4 aromatic heterocycles. The highest BCUT2D eigenvalue weighted by molar-refractivity contribution is 6.01. The van der Waals surface area contributed by atoms with E-state index in [1.165, 1.54) is 0 Å². The molecule has 9 nitrogen and oxygen atoms in total. The van der Waals surface area contributed by atoms with Crippen LogP contribution in [0.5, 0.6) is 0 Å². The van der Waals surface area contributed by atoms with Gasteiger partial charge in [0.25, 0.3) is 0 Å². The molecule has 9 heteroatoms. The molecule has 0 bridgehead atoms. The quantitative estimate of drug-likeness (QED) is 0.374. The number of amides is 1. The lowest BCUT2D eigenvalue weighted by atomic mass is 10.0. The summed E-state index contributed by atoms with van der Waals surface area (Å²) < 4.78 is 8.17.